The van der Waals surface area contributed by atoms with Crippen LogP contribution in [-0.4, -0.2) is 31.3 Å². The Kier molecular flexibility index (Phi) is 8.32. The first-order valence-electron chi connectivity index (χ1n) is 8.60. The quantitative estimate of drug-likeness (QED) is 0.363. The molecule has 6 nitrogen and oxygen atoms in total. The van der Waals surface area contributed by atoms with Crippen LogP contribution in [0.1, 0.15) is 29.0 Å². The van der Waals surface area contributed by atoms with E-state index in [9.17, 15) is 8.78 Å². The van der Waals surface area contributed by atoms with Crippen LogP contribution in [0.5, 0.6) is 5.75 Å². The van der Waals surface area contributed by atoms with Gasteiger partial charge in [0.15, 0.2) is 5.96 Å². The van der Waals surface area contributed by atoms with Gasteiger partial charge in [0.2, 0.25) is 0 Å². The molecule has 0 amide bonds. The van der Waals surface area contributed by atoms with Crippen molar-refractivity contribution in [3.63, 3.8) is 0 Å². The van der Waals surface area contributed by atoms with Crippen molar-refractivity contribution in [1.82, 2.24) is 15.8 Å². The van der Waals surface area contributed by atoms with Crippen LogP contribution < -0.4 is 15.4 Å². The molecule has 0 atom stereocenters. The average molecular weight is 435 g/mol. The fourth-order valence-corrected chi connectivity index (χ4v) is 3.28. The Morgan fingerprint density at radius 3 is 2.64 bits per heavy atom. The van der Waals surface area contributed by atoms with Gasteiger partial charge in [-0.25, -0.2) is 0 Å². The van der Waals surface area contributed by atoms with E-state index in [1.54, 1.807) is 7.05 Å². The zero-order valence-electron chi connectivity index (χ0n) is 15.8. The molecular formula is C18H22Cl2F2N4O2. The lowest BCUT2D eigenvalue weighted by Crippen LogP contribution is -2.37. The van der Waals surface area contributed by atoms with E-state index in [4.69, 9.17) is 27.7 Å². The maximum absolute atomic E-state index is 12.6. The summed E-state index contributed by atoms with van der Waals surface area (Å²) in [5, 5.41) is 10.5. The summed E-state index contributed by atoms with van der Waals surface area (Å²) < 4.78 is 35.0. The molecule has 0 aliphatic carbocycles. The highest BCUT2D eigenvalue weighted by Crippen LogP contribution is 2.33. The van der Waals surface area contributed by atoms with Crippen LogP contribution >= 0.6 is 23.2 Å². The lowest BCUT2D eigenvalue weighted by atomic mass is 10.1. The number of aryl methyl sites for hydroxylation is 2. The van der Waals surface area contributed by atoms with Crippen molar-refractivity contribution in [2.45, 2.75) is 39.8 Å². The predicted octanol–water partition coefficient (Wildman–Crippen LogP) is 4.50. The van der Waals surface area contributed by atoms with Crippen molar-refractivity contribution < 1.29 is 18.0 Å². The Labute approximate surface area is 172 Å². The Morgan fingerprint density at radius 1 is 1.29 bits per heavy atom. The second-order valence-electron chi connectivity index (χ2n) is 6.01. The number of nitrogens with zero attached hydrogens (tertiary/aromatic N) is 2. The highest BCUT2D eigenvalue weighted by atomic mass is 35.5. The Balaban J connectivity index is 1.90. The van der Waals surface area contributed by atoms with E-state index in [2.05, 4.69) is 25.5 Å². The molecule has 10 heteroatoms. The minimum atomic E-state index is -2.99. The van der Waals surface area contributed by atoms with E-state index in [-0.39, 0.29) is 17.3 Å². The maximum Gasteiger partial charge on any atom is 0.387 e. The van der Waals surface area contributed by atoms with E-state index < -0.39 is 6.61 Å². The third-order valence-electron chi connectivity index (χ3n) is 4.04. The molecule has 2 aromatic rings. The molecule has 0 aliphatic rings. The topological polar surface area (TPSA) is 71.7 Å². The minimum absolute atomic E-state index is 0.0204. The van der Waals surface area contributed by atoms with E-state index in [0.29, 0.717) is 23.1 Å². The number of rotatable bonds is 8. The van der Waals surface area contributed by atoms with Crippen LogP contribution in [0.3, 0.4) is 0 Å². The molecule has 0 radical (unpaired) electrons. The first kappa shape index (κ1) is 22.2. The smallest absolute Gasteiger partial charge is 0.387 e. The summed E-state index contributed by atoms with van der Waals surface area (Å²) in [6.07, 6.45) is 1.66. The number of hydrogen-bond acceptors (Lipinski definition) is 4. The molecule has 1 aromatic heterocycles. The second kappa shape index (κ2) is 10.5. The van der Waals surface area contributed by atoms with Gasteiger partial charge in [-0.15, -0.1) is 0 Å². The summed E-state index contributed by atoms with van der Waals surface area (Å²) >= 11 is 11.9. The van der Waals surface area contributed by atoms with E-state index in [1.807, 2.05) is 13.8 Å². The van der Waals surface area contributed by atoms with Gasteiger partial charge in [-0.05, 0) is 38.8 Å². The van der Waals surface area contributed by atoms with Crippen LogP contribution in [0.4, 0.5) is 8.78 Å². The van der Waals surface area contributed by atoms with E-state index in [1.165, 1.54) is 12.1 Å². The lowest BCUT2D eigenvalue weighted by molar-refractivity contribution is -0.0504. The number of benzene rings is 1. The molecule has 28 heavy (non-hydrogen) atoms. The Bertz CT molecular complexity index is 809. The van der Waals surface area contributed by atoms with Crippen molar-refractivity contribution >= 4 is 29.2 Å². The van der Waals surface area contributed by atoms with E-state index >= 15 is 0 Å². The SMILES string of the molecule is CN=C(NCCCc1c(C)noc1C)NCc1cc(Cl)cc(Cl)c1OC(F)F. The molecule has 1 aromatic carbocycles. The zero-order valence-corrected chi connectivity index (χ0v) is 17.3. The first-order chi connectivity index (χ1) is 13.3. The number of aromatic nitrogens is 1. The molecule has 0 aliphatic heterocycles. The molecule has 0 saturated carbocycles. The van der Waals surface area contributed by atoms with Crippen LogP contribution in [0.2, 0.25) is 10.0 Å². The molecular weight excluding hydrogens is 413 g/mol. The van der Waals surface area contributed by atoms with Gasteiger partial charge in [0.1, 0.15) is 11.5 Å². The van der Waals surface area contributed by atoms with Crippen molar-refractivity contribution in [1.29, 1.82) is 0 Å². The van der Waals surface area contributed by atoms with Gasteiger partial charge >= 0.3 is 6.61 Å². The third-order valence-corrected chi connectivity index (χ3v) is 4.54. The van der Waals surface area contributed by atoms with Crippen molar-refractivity contribution in [2.75, 3.05) is 13.6 Å². The minimum Gasteiger partial charge on any atom is -0.433 e. The summed E-state index contributed by atoms with van der Waals surface area (Å²) in [4.78, 5) is 4.12. The standard InChI is InChI=1S/C18H22Cl2F2N4O2/c1-10-14(11(2)28-26-10)5-4-6-24-18(23-3)25-9-12-7-13(19)8-15(20)16(12)27-17(21)22/h7-8,17H,4-6,9H2,1-3H3,(H2,23,24,25). The summed E-state index contributed by atoms with van der Waals surface area (Å²) in [5.74, 6) is 1.23. The molecule has 0 bridgehead atoms. The normalized spacial score (nSPS) is 11.8. The van der Waals surface area contributed by atoms with Crippen LogP contribution in [0, 0.1) is 13.8 Å². The van der Waals surface area contributed by atoms with Gasteiger partial charge in [0, 0.05) is 36.3 Å². The predicted molar refractivity (Wildman–Crippen MR) is 106 cm³/mol. The third kappa shape index (κ3) is 6.24. The van der Waals surface area contributed by atoms with Gasteiger partial charge in [0.05, 0.1) is 10.7 Å². The average Bonchev–Trinajstić information content (AvgIpc) is 2.95. The number of alkyl halides is 2. The summed E-state index contributed by atoms with van der Waals surface area (Å²) in [6, 6.07) is 2.87. The van der Waals surface area contributed by atoms with Crippen molar-refractivity contribution in [2.24, 2.45) is 4.99 Å². The van der Waals surface area contributed by atoms with Crippen LogP contribution in [0.25, 0.3) is 0 Å². The number of halogens is 4. The molecule has 0 unspecified atom stereocenters. The highest BCUT2D eigenvalue weighted by molar-refractivity contribution is 6.35. The van der Waals surface area contributed by atoms with Gasteiger partial charge in [-0.3, -0.25) is 4.99 Å². The number of hydrogen-bond donors (Lipinski definition) is 2. The van der Waals surface area contributed by atoms with Crippen molar-refractivity contribution in [3.05, 3.63) is 44.8 Å². The monoisotopic (exact) mass is 434 g/mol. The molecule has 154 valence electrons. The van der Waals surface area contributed by atoms with Crippen molar-refractivity contribution in [3.8, 4) is 5.75 Å². The molecule has 1 heterocycles. The Hall–Kier alpha value is -2.06. The maximum atomic E-state index is 12.6. The van der Waals surface area contributed by atoms with Gasteiger partial charge < -0.3 is 19.9 Å². The summed E-state index contributed by atoms with van der Waals surface area (Å²) in [6.45, 7) is 1.62. The van der Waals surface area contributed by atoms with Gasteiger partial charge in [0.25, 0.3) is 0 Å². The largest absolute Gasteiger partial charge is 0.433 e. The first-order valence-corrected chi connectivity index (χ1v) is 9.36. The number of aliphatic imine (C=N–C) groups is 1. The number of guanidine groups is 1. The fourth-order valence-electron chi connectivity index (χ4n) is 2.70. The Morgan fingerprint density at radius 2 is 2.04 bits per heavy atom. The van der Waals surface area contributed by atoms with Crippen LogP contribution in [0.15, 0.2) is 21.6 Å². The highest BCUT2D eigenvalue weighted by Gasteiger charge is 2.15. The van der Waals surface area contributed by atoms with Gasteiger partial charge in [-0.1, -0.05) is 28.4 Å². The number of ether oxygens (including phenoxy) is 1. The summed E-state index contributed by atoms with van der Waals surface area (Å²) in [5.41, 5.74) is 2.40. The van der Waals surface area contributed by atoms with Gasteiger partial charge in [-0.2, -0.15) is 8.78 Å². The molecule has 0 saturated heterocycles. The summed E-state index contributed by atoms with van der Waals surface area (Å²) in [7, 11) is 1.62. The van der Waals surface area contributed by atoms with Crippen LogP contribution in [-0.2, 0) is 13.0 Å². The molecule has 0 spiro atoms. The lowest BCUT2D eigenvalue weighted by Gasteiger charge is -2.16. The molecule has 2 N–H and O–H groups in total. The second-order valence-corrected chi connectivity index (χ2v) is 6.86. The fraction of sp³-hybridized carbons (Fsp3) is 0.444. The molecule has 2 rings (SSSR count). The number of nitrogens with one attached hydrogen (secondary N) is 2. The zero-order chi connectivity index (χ0) is 20.7. The van der Waals surface area contributed by atoms with E-state index in [0.717, 1.165) is 29.9 Å². The molecule has 0 fully saturated rings.